The van der Waals surface area contributed by atoms with Gasteiger partial charge in [-0.1, -0.05) is 26.7 Å². The summed E-state index contributed by atoms with van der Waals surface area (Å²) in [5, 5.41) is 28.4. The average molecular weight is 219 g/mol. The highest BCUT2D eigenvalue weighted by molar-refractivity contribution is 4.65. The SMILES string of the molecule is CCCC(O)N(CCCO)C(O)CCC. The van der Waals surface area contributed by atoms with E-state index in [-0.39, 0.29) is 6.61 Å². The van der Waals surface area contributed by atoms with E-state index < -0.39 is 12.5 Å². The Labute approximate surface area is 92.5 Å². The van der Waals surface area contributed by atoms with Crippen LogP contribution in [-0.4, -0.2) is 45.8 Å². The maximum absolute atomic E-state index is 9.82. The predicted molar refractivity (Wildman–Crippen MR) is 60.2 cm³/mol. The zero-order valence-corrected chi connectivity index (χ0v) is 9.89. The predicted octanol–water partition coefficient (Wildman–Crippen LogP) is 0.908. The summed E-state index contributed by atoms with van der Waals surface area (Å²) < 4.78 is 0. The minimum Gasteiger partial charge on any atom is -0.396 e. The molecule has 0 radical (unpaired) electrons. The van der Waals surface area contributed by atoms with E-state index in [2.05, 4.69) is 0 Å². The van der Waals surface area contributed by atoms with Crippen LogP contribution in [0.2, 0.25) is 0 Å². The monoisotopic (exact) mass is 219 g/mol. The van der Waals surface area contributed by atoms with Crippen molar-refractivity contribution in [2.45, 2.75) is 58.4 Å². The molecule has 0 aliphatic heterocycles. The highest BCUT2D eigenvalue weighted by atomic mass is 16.3. The van der Waals surface area contributed by atoms with Crippen molar-refractivity contribution in [2.75, 3.05) is 13.2 Å². The molecule has 0 aliphatic carbocycles. The highest BCUT2D eigenvalue weighted by Gasteiger charge is 2.21. The van der Waals surface area contributed by atoms with Crippen molar-refractivity contribution in [3.63, 3.8) is 0 Å². The Morgan fingerprint density at radius 1 is 1.00 bits per heavy atom. The Bertz CT molecular complexity index is 132. The number of hydrogen-bond acceptors (Lipinski definition) is 4. The van der Waals surface area contributed by atoms with Crippen LogP contribution in [0.4, 0.5) is 0 Å². The maximum atomic E-state index is 9.82. The van der Waals surface area contributed by atoms with Crippen molar-refractivity contribution < 1.29 is 15.3 Å². The van der Waals surface area contributed by atoms with Crippen molar-refractivity contribution >= 4 is 0 Å². The van der Waals surface area contributed by atoms with Crippen LogP contribution in [0.3, 0.4) is 0 Å². The van der Waals surface area contributed by atoms with Gasteiger partial charge in [-0.05, 0) is 19.3 Å². The molecule has 0 spiro atoms. The van der Waals surface area contributed by atoms with Crippen molar-refractivity contribution in [2.24, 2.45) is 0 Å². The van der Waals surface area contributed by atoms with Crippen LogP contribution in [-0.2, 0) is 0 Å². The van der Waals surface area contributed by atoms with Gasteiger partial charge in [-0.3, -0.25) is 4.90 Å². The Morgan fingerprint density at radius 2 is 1.47 bits per heavy atom. The third-order valence-electron chi connectivity index (χ3n) is 2.43. The standard InChI is InChI=1S/C11H25NO3/c1-3-6-10(14)12(8-5-9-13)11(15)7-4-2/h10-11,13-15H,3-9H2,1-2H3. The molecule has 2 unspecified atom stereocenters. The van der Waals surface area contributed by atoms with E-state index in [1.807, 2.05) is 13.8 Å². The largest absolute Gasteiger partial charge is 0.396 e. The molecular weight excluding hydrogens is 194 g/mol. The molecule has 2 atom stereocenters. The molecule has 4 heteroatoms. The van der Waals surface area contributed by atoms with Crippen LogP contribution < -0.4 is 0 Å². The van der Waals surface area contributed by atoms with Crippen LogP contribution in [0.5, 0.6) is 0 Å². The van der Waals surface area contributed by atoms with Gasteiger partial charge >= 0.3 is 0 Å². The summed E-state index contributed by atoms with van der Waals surface area (Å²) in [6.45, 7) is 4.63. The van der Waals surface area contributed by atoms with Crippen LogP contribution in [0.15, 0.2) is 0 Å². The van der Waals surface area contributed by atoms with Crippen LogP contribution >= 0.6 is 0 Å². The molecule has 3 N–H and O–H groups in total. The molecule has 0 saturated heterocycles. The zero-order chi connectivity index (χ0) is 11.7. The fraction of sp³-hybridized carbons (Fsp3) is 1.00. The average Bonchev–Trinajstić information content (AvgIpc) is 2.19. The lowest BCUT2D eigenvalue weighted by atomic mass is 10.2. The number of aliphatic hydroxyl groups is 3. The fourth-order valence-corrected chi connectivity index (χ4v) is 1.60. The van der Waals surface area contributed by atoms with E-state index in [4.69, 9.17) is 5.11 Å². The van der Waals surface area contributed by atoms with Gasteiger partial charge in [0.25, 0.3) is 0 Å². The summed E-state index contributed by atoms with van der Waals surface area (Å²) in [7, 11) is 0. The van der Waals surface area contributed by atoms with Crippen LogP contribution in [0.1, 0.15) is 46.0 Å². The van der Waals surface area contributed by atoms with Gasteiger partial charge in [0.2, 0.25) is 0 Å². The molecule has 92 valence electrons. The summed E-state index contributed by atoms with van der Waals surface area (Å²) >= 11 is 0. The summed E-state index contributed by atoms with van der Waals surface area (Å²) in [4.78, 5) is 1.67. The first kappa shape index (κ1) is 14.8. The quantitative estimate of drug-likeness (QED) is 0.504. The molecule has 0 saturated carbocycles. The van der Waals surface area contributed by atoms with Gasteiger partial charge in [-0.15, -0.1) is 0 Å². The first-order valence-electron chi connectivity index (χ1n) is 5.90. The van der Waals surface area contributed by atoms with Crippen molar-refractivity contribution in [1.29, 1.82) is 0 Å². The van der Waals surface area contributed by atoms with Crippen molar-refractivity contribution in [3.05, 3.63) is 0 Å². The van der Waals surface area contributed by atoms with Crippen LogP contribution in [0.25, 0.3) is 0 Å². The first-order valence-corrected chi connectivity index (χ1v) is 5.90. The zero-order valence-electron chi connectivity index (χ0n) is 9.89. The lowest BCUT2D eigenvalue weighted by molar-refractivity contribution is -0.109. The van der Waals surface area contributed by atoms with Gasteiger partial charge in [0.15, 0.2) is 0 Å². The third kappa shape index (κ3) is 6.10. The first-order chi connectivity index (χ1) is 7.17. The fourth-order valence-electron chi connectivity index (χ4n) is 1.60. The topological polar surface area (TPSA) is 63.9 Å². The molecule has 0 fully saturated rings. The van der Waals surface area contributed by atoms with E-state index in [9.17, 15) is 10.2 Å². The molecule has 15 heavy (non-hydrogen) atoms. The Balaban J connectivity index is 4.14. The second-order valence-corrected chi connectivity index (χ2v) is 3.85. The molecule has 0 aromatic rings. The van der Waals surface area contributed by atoms with Gasteiger partial charge in [-0.2, -0.15) is 0 Å². The number of rotatable bonds is 9. The number of aliphatic hydroxyl groups excluding tert-OH is 3. The molecule has 0 aromatic heterocycles. The van der Waals surface area contributed by atoms with E-state index >= 15 is 0 Å². The van der Waals surface area contributed by atoms with Crippen molar-refractivity contribution in [3.8, 4) is 0 Å². The van der Waals surface area contributed by atoms with E-state index in [0.29, 0.717) is 25.8 Å². The second kappa shape index (κ2) is 9.09. The molecule has 0 bridgehead atoms. The summed E-state index contributed by atoms with van der Waals surface area (Å²) in [6, 6.07) is 0. The Kier molecular flexibility index (Phi) is 9.00. The van der Waals surface area contributed by atoms with E-state index in [1.165, 1.54) is 0 Å². The molecule has 0 aromatic carbocycles. The minimum absolute atomic E-state index is 0.0915. The second-order valence-electron chi connectivity index (χ2n) is 3.85. The van der Waals surface area contributed by atoms with Crippen LogP contribution in [0, 0.1) is 0 Å². The molecule has 4 nitrogen and oxygen atoms in total. The molecular formula is C11H25NO3. The summed E-state index contributed by atoms with van der Waals surface area (Å²) in [5.74, 6) is 0. The smallest absolute Gasteiger partial charge is 0.109 e. The molecule has 0 rings (SSSR count). The molecule has 0 aliphatic rings. The van der Waals surface area contributed by atoms with Gasteiger partial charge in [0, 0.05) is 13.2 Å². The van der Waals surface area contributed by atoms with Gasteiger partial charge < -0.3 is 15.3 Å². The van der Waals surface area contributed by atoms with Gasteiger partial charge in [0.1, 0.15) is 12.5 Å². The Morgan fingerprint density at radius 3 is 1.80 bits per heavy atom. The Hall–Kier alpha value is -0.160. The summed E-state index contributed by atoms with van der Waals surface area (Å²) in [6.07, 6.45) is 2.48. The maximum Gasteiger partial charge on any atom is 0.109 e. The highest BCUT2D eigenvalue weighted by Crippen LogP contribution is 2.11. The lowest BCUT2D eigenvalue weighted by Gasteiger charge is -2.32. The number of hydrogen-bond donors (Lipinski definition) is 3. The normalized spacial score (nSPS) is 15.6. The number of nitrogens with zero attached hydrogens (tertiary/aromatic N) is 1. The summed E-state index contributed by atoms with van der Waals surface area (Å²) in [5.41, 5.74) is 0. The third-order valence-corrected chi connectivity index (χ3v) is 2.43. The van der Waals surface area contributed by atoms with E-state index in [1.54, 1.807) is 4.90 Å². The van der Waals surface area contributed by atoms with Gasteiger partial charge in [0.05, 0.1) is 0 Å². The minimum atomic E-state index is -0.594. The molecule has 0 amide bonds. The van der Waals surface area contributed by atoms with Gasteiger partial charge in [-0.25, -0.2) is 0 Å². The lowest BCUT2D eigenvalue weighted by Crippen LogP contribution is -2.44. The van der Waals surface area contributed by atoms with E-state index in [0.717, 1.165) is 12.8 Å². The van der Waals surface area contributed by atoms with Crippen molar-refractivity contribution in [1.82, 2.24) is 4.90 Å². The molecule has 0 heterocycles.